The summed E-state index contributed by atoms with van der Waals surface area (Å²) in [6.45, 7) is -1.73. The van der Waals surface area contributed by atoms with Crippen LogP contribution in [0.15, 0.2) is 26.1 Å². The number of halogens is 5. The minimum absolute atomic E-state index is 0.174. The van der Waals surface area contributed by atoms with Crippen LogP contribution < -0.4 is 10.2 Å². The molecule has 0 fully saturated rings. The van der Waals surface area contributed by atoms with E-state index in [0.717, 1.165) is 0 Å². The standard InChI is InChI=1S/C12H10Br2F3N3O2/c1-22-10-7(13)2-6(3-8(10)14)11-18-4-9(21)20(19-11)5-12(15,16)17/h2-3H,4-5H2,1H3,(H,18,19). The second kappa shape index (κ2) is 6.45. The summed E-state index contributed by atoms with van der Waals surface area (Å²) < 4.78 is 43.7. The molecular formula is C12H10Br2F3N3O2. The number of hydrogen-bond donors (Lipinski definition) is 1. The Morgan fingerprint density at radius 3 is 2.45 bits per heavy atom. The van der Waals surface area contributed by atoms with Crippen LogP contribution in [0, 0.1) is 0 Å². The lowest BCUT2D eigenvalue weighted by Gasteiger charge is -2.29. The van der Waals surface area contributed by atoms with Crippen molar-refractivity contribution in [1.29, 1.82) is 0 Å². The third-order valence-corrected chi connectivity index (χ3v) is 3.91. The van der Waals surface area contributed by atoms with Gasteiger partial charge in [-0.2, -0.15) is 13.2 Å². The number of rotatable bonds is 3. The third kappa shape index (κ3) is 3.92. The van der Waals surface area contributed by atoms with Crippen molar-refractivity contribution < 1.29 is 22.7 Å². The first-order valence-electron chi connectivity index (χ1n) is 5.93. The van der Waals surface area contributed by atoms with Gasteiger partial charge in [-0.15, -0.1) is 0 Å². The highest BCUT2D eigenvalue weighted by Gasteiger charge is 2.35. The van der Waals surface area contributed by atoms with Gasteiger partial charge in [0, 0.05) is 5.56 Å². The van der Waals surface area contributed by atoms with E-state index in [4.69, 9.17) is 4.74 Å². The predicted molar refractivity (Wildman–Crippen MR) is 80.7 cm³/mol. The number of amides is 1. The molecule has 1 amide bonds. The van der Waals surface area contributed by atoms with Gasteiger partial charge in [0.25, 0.3) is 5.91 Å². The van der Waals surface area contributed by atoms with E-state index in [1.165, 1.54) is 7.11 Å². The second-order valence-corrected chi connectivity index (χ2v) is 6.05. The van der Waals surface area contributed by atoms with Crippen molar-refractivity contribution in [3.8, 4) is 5.75 Å². The van der Waals surface area contributed by atoms with Crippen LogP contribution in [0.3, 0.4) is 0 Å². The van der Waals surface area contributed by atoms with Gasteiger partial charge in [-0.3, -0.25) is 15.2 Å². The van der Waals surface area contributed by atoms with Crippen molar-refractivity contribution in [2.45, 2.75) is 6.18 Å². The van der Waals surface area contributed by atoms with Crippen LogP contribution in [0.4, 0.5) is 13.2 Å². The Hall–Kier alpha value is -1.29. The monoisotopic (exact) mass is 443 g/mol. The van der Waals surface area contributed by atoms with E-state index in [0.29, 0.717) is 25.3 Å². The zero-order chi connectivity index (χ0) is 16.5. The number of alkyl halides is 3. The molecule has 1 aromatic rings. The predicted octanol–water partition coefficient (Wildman–Crippen LogP) is 2.88. The van der Waals surface area contributed by atoms with Crippen molar-refractivity contribution in [2.24, 2.45) is 4.99 Å². The summed E-state index contributed by atoms with van der Waals surface area (Å²) in [5, 5.41) is 0.508. The fourth-order valence-electron chi connectivity index (χ4n) is 1.81. The van der Waals surface area contributed by atoms with E-state index in [-0.39, 0.29) is 12.4 Å². The molecule has 0 radical (unpaired) electrons. The molecule has 1 aromatic carbocycles. The van der Waals surface area contributed by atoms with Gasteiger partial charge in [0.05, 0.1) is 16.1 Å². The number of hydrogen-bond acceptors (Lipinski definition) is 4. The lowest BCUT2D eigenvalue weighted by Crippen LogP contribution is -2.54. The quantitative estimate of drug-likeness (QED) is 0.779. The first kappa shape index (κ1) is 17.1. The summed E-state index contributed by atoms with van der Waals surface area (Å²) in [4.78, 5) is 15.5. The number of benzene rings is 1. The Balaban J connectivity index is 2.28. The van der Waals surface area contributed by atoms with E-state index < -0.39 is 18.6 Å². The SMILES string of the molecule is COc1c(Br)cc(C2=NCC(=O)N(CC(F)(F)F)N2)cc1Br. The lowest BCUT2D eigenvalue weighted by molar-refractivity contribution is -0.164. The minimum atomic E-state index is -4.49. The summed E-state index contributed by atoms with van der Waals surface area (Å²) in [5.74, 6) is -0.0241. The number of hydrazine groups is 1. The first-order chi connectivity index (χ1) is 10.2. The zero-order valence-corrected chi connectivity index (χ0v) is 14.3. The Morgan fingerprint density at radius 1 is 1.36 bits per heavy atom. The van der Waals surface area contributed by atoms with Crippen LogP contribution in [-0.4, -0.2) is 43.1 Å². The van der Waals surface area contributed by atoms with E-state index in [1.807, 2.05) is 0 Å². The van der Waals surface area contributed by atoms with Crippen LogP contribution in [0.25, 0.3) is 0 Å². The number of ether oxygens (including phenoxy) is 1. The fourth-order valence-corrected chi connectivity index (χ4v) is 3.32. The molecule has 0 atom stereocenters. The smallest absolute Gasteiger partial charge is 0.408 e. The van der Waals surface area contributed by atoms with Gasteiger partial charge in [-0.25, -0.2) is 5.01 Å². The number of nitrogens with zero attached hydrogens (tertiary/aromatic N) is 2. The number of carbonyl (C=O) groups excluding carboxylic acids is 1. The highest BCUT2D eigenvalue weighted by atomic mass is 79.9. The van der Waals surface area contributed by atoms with Crippen molar-refractivity contribution in [2.75, 3.05) is 20.2 Å². The molecule has 0 spiro atoms. The molecule has 0 unspecified atom stereocenters. The molecule has 0 aromatic heterocycles. The number of nitrogens with one attached hydrogen (secondary N) is 1. The van der Waals surface area contributed by atoms with Crippen LogP contribution in [0.1, 0.15) is 5.56 Å². The van der Waals surface area contributed by atoms with Gasteiger partial charge in [-0.05, 0) is 44.0 Å². The van der Waals surface area contributed by atoms with E-state index in [9.17, 15) is 18.0 Å². The summed E-state index contributed by atoms with van der Waals surface area (Å²) in [6, 6.07) is 3.27. The van der Waals surface area contributed by atoms with Gasteiger partial charge in [0.15, 0.2) is 0 Å². The molecular weight excluding hydrogens is 435 g/mol. The Bertz CT molecular complexity index is 612. The lowest BCUT2D eigenvalue weighted by atomic mass is 10.2. The normalized spacial score (nSPS) is 15.5. The Kier molecular flexibility index (Phi) is 5.00. The third-order valence-electron chi connectivity index (χ3n) is 2.73. The molecule has 22 heavy (non-hydrogen) atoms. The molecule has 0 bridgehead atoms. The van der Waals surface area contributed by atoms with Gasteiger partial charge < -0.3 is 4.74 Å². The van der Waals surface area contributed by atoms with Crippen LogP contribution in [0.2, 0.25) is 0 Å². The molecule has 1 aliphatic heterocycles. The maximum atomic E-state index is 12.5. The second-order valence-electron chi connectivity index (χ2n) is 4.34. The Morgan fingerprint density at radius 2 is 1.95 bits per heavy atom. The Labute approximate surface area is 140 Å². The number of carbonyl (C=O) groups is 1. The largest absolute Gasteiger partial charge is 0.494 e. The van der Waals surface area contributed by atoms with Crippen molar-refractivity contribution in [3.63, 3.8) is 0 Å². The van der Waals surface area contributed by atoms with Crippen molar-refractivity contribution in [3.05, 3.63) is 26.6 Å². The molecule has 0 saturated heterocycles. The number of amidine groups is 1. The van der Waals surface area contributed by atoms with Crippen LogP contribution in [-0.2, 0) is 4.79 Å². The number of methoxy groups -OCH3 is 1. The molecule has 0 aliphatic carbocycles. The average Bonchev–Trinajstić information content (AvgIpc) is 2.39. The molecule has 0 saturated carbocycles. The van der Waals surface area contributed by atoms with Gasteiger partial charge in [0.1, 0.15) is 24.7 Å². The summed E-state index contributed by atoms with van der Waals surface area (Å²) >= 11 is 6.60. The first-order valence-corrected chi connectivity index (χ1v) is 7.51. The summed E-state index contributed by atoms with van der Waals surface area (Å²) in [7, 11) is 1.49. The van der Waals surface area contributed by atoms with E-state index in [1.54, 1.807) is 12.1 Å². The topological polar surface area (TPSA) is 53.9 Å². The fraction of sp³-hybridized carbons (Fsp3) is 0.333. The average molecular weight is 445 g/mol. The summed E-state index contributed by atoms with van der Waals surface area (Å²) in [6.07, 6.45) is -4.49. The number of aliphatic imine (C=N–C) groups is 1. The summed E-state index contributed by atoms with van der Waals surface area (Å²) in [5.41, 5.74) is 2.91. The maximum Gasteiger partial charge on any atom is 0.408 e. The molecule has 2 rings (SSSR count). The van der Waals surface area contributed by atoms with E-state index in [2.05, 4.69) is 42.3 Å². The van der Waals surface area contributed by atoms with Gasteiger partial charge in [-0.1, -0.05) is 0 Å². The zero-order valence-electron chi connectivity index (χ0n) is 11.2. The molecule has 10 heteroatoms. The highest BCUT2D eigenvalue weighted by molar-refractivity contribution is 9.11. The van der Waals surface area contributed by atoms with Gasteiger partial charge >= 0.3 is 6.18 Å². The molecule has 1 aliphatic rings. The molecule has 1 heterocycles. The molecule has 120 valence electrons. The van der Waals surface area contributed by atoms with Crippen molar-refractivity contribution in [1.82, 2.24) is 10.4 Å². The van der Waals surface area contributed by atoms with E-state index >= 15 is 0 Å². The van der Waals surface area contributed by atoms with Crippen LogP contribution in [0.5, 0.6) is 5.75 Å². The van der Waals surface area contributed by atoms with Crippen LogP contribution >= 0.6 is 31.9 Å². The van der Waals surface area contributed by atoms with Gasteiger partial charge in [0.2, 0.25) is 0 Å². The molecule has 5 nitrogen and oxygen atoms in total. The maximum absolute atomic E-state index is 12.5. The minimum Gasteiger partial charge on any atom is -0.494 e. The molecule has 1 N–H and O–H groups in total. The highest BCUT2D eigenvalue weighted by Crippen LogP contribution is 2.34. The van der Waals surface area contributed by atoms with Crippen molar-refractivity contribution >= 4 is 43.6 Å².